The highest BCUT2D eigenvalue weighted by Gasteiger charge is 2.37. The van der Waals surface area contributed by atoms with Gasteiger partial charge in [-0.3, -0.25) is 14.4 Å². The molecule has 134 valence electrons. The molecule has 2 heterocycles. The lowest BCUT2D eigenvalue weighted by atomic mass is 10.1. The van der Waals surface area contributed by atoms with Crippen LogP contribution in [-0.2, 0) is 14.4 Å². The molecule has 3 amide bonds. The molecule has 2 aliphatic rings. The molecule has 1 aromatic rings. The van der Waals surface area contributed by atoms with Gasteiger partial charge in [0.2, 0.25) is 17.7 Å². The first-order chi connectivity index (χ1) is 12.1. The summed E-state index contributed by atoms with van der Waals surface area (Å²) >= 11 is 0. The Morgan fingerprint density at radius 1 is 1.24 bits per heavy atom. The molecule has 1 atom stereocenters. The summed E-state index contributed by atoms with van der Waals surface area (Å²) in [6.45, 7) is 4.26. The predicted octanol–water partition coefficient (Wildman–Crippen LogP) is 0.787. The van der Waals surface area contributed by atoms with Gasteiger partial charge in [0.25, 0.3) is 0 Å². The first-order valence-corrected chi connectivity index (χ1v) is 8.67. The third kappa shape index (κ3) is 3.92. The van der Waals surface area contributed by atoms with Crippen molar-refractivity contribution in [3.05, 3.63) is 24.3 Å². The Bertz CT molecular complexity index is 659. The molecule has 7 heteroatoms. The molecule has 0 radical (unpaired) electrons. The smallest absolute Gasteiger partial charge is 0.228 e. The Morgan fingerprint density at radius 2 is 2.00 bits per heavy atom. The van der Waals surface area contributed by atoms with Crippen molar-refractivity contribution < 1.29 is 19.1 Å². The maximum Gasteiger partial charge on any atom is 0.228 e. The van der Waals surface area contributed by atoms with Gasteiger partial charge in [0, 0.05) is 44.7 Å². The number of amides is 3. The molecule has 0 spiro atoms. The van der Waals surface area contributed by atoms with Gasteiger partial charge in [-0.25, -0.2) is 0 Å². The highest BCUT2D eigenvalue weighted by molar-refractivity contribution is 6.00. The van der Waals surface area contributed by atoms with Crippen LogP contribution in [0, 0.1) is 5.92 Å². The second kappa shape index (κ2) is 7.55. The van der Waals surface area contributed by atoms with Crippen molar-refractivity contribution in [1.82, 2.24) is 10.2 Å². The van der Waals surface area contributed by atoms with Crippen LogP contribution in [0.4, 0.5) is 5.69 Å². The van der Waals surface area contributed by atoms with Crippen LogP contribution < -0.4 is 15.0 Å². The molecule has 0 saturated carbocycles. The van der Waals surface area contributed by atoms with Gasteiger partial charge in [-0.15, -0.1) is 0 Å². The Kier molecular flexibility index (Phi) is 5.21. The molecule has 0 unspecified atom stereocenters. The molecule has 2 saturated heterocycles. The molecule has 0 aliphatic carbocycles. The van der Waals surface area contributed by atoms with Crippen molar-refractivity contribution in [2.24, 2.45) is 5.92 Å². The van der Waals surface area contributed by atoms with E-state index in [9.17, 15) is 14.4 Å². The normalized spacial score (nSPS) is 21.1. The molecule has 0 aromatic heterocycles. The van der Waals surface area contributed by atoms with Crippen LogP contribution in [0.2, 0.25) is 0 Å². The molecule has 3 rings (SSSR count). The summed E-state index contributed by atoms with van der Waals surface area (Å²) in [5, 5.41) is 2.76. The molecule has 1 aromatic carbocycles. The Morgan fingerprint density at radius 3 is 2.72 bits per heavy atom. The standard InChI is InChI=1S/C18H23N3O4/c1-2-25-15-5-3-14(4-6-15)21-12-13(11-17(21)23)18(24)20-9-7-16(22)19-8-10-20/h3-6,13H,2,7-12H2,1H3,(H,19,22)/t13-/m1/s1. The maximum absolute atomic E-state index is 12.7. The topological polar surface area (TPSA) is 79.0 Å². The lowest BCUT2D eigenvalue weighted by Crippen LogP contribution is -2.39. The largest absolute Gasteiger partial charge is 0.494 e. The Hall–Kier alpha value is -2.57. The summed E-state index contributed by atoms with van der Waals surface area (Å²) in [6.07, 6.45) is 0.527. The molecule has 2 fully saturated rings. The lowest BCUT2D eigenvalue weighted by molar-refractivity contribution is -0.135. The van der Waals surface area contributed by atoms with E-state index in [1.165, 1.54) is 0 Å². The number of hydrogen-bond acceptors (Lipinski definition) is 4. The molecule has 1 N–H and O–H groups in total. The van der Waals surface area contributed by atoms with Gasteiger partial charge in [0.15, 0.2) is 0 Å². The minimum Gasteiger partial charge on any atom is -0.494 e. The van der Waals surface area contributed by atoms with Gasteiger partial charge in [-0.05, 0) is 31.2 Å². The van der Waals surface area contributed by atoms with Gasteiger partial charge >= 0.3 is 0 Å². The van der Waals surface area contributed by atoms with E-state index in [0.29, 0.717) is 39.2 Å². The van der Waals surface area contributed by atoms with Crippen LogP contribution >= 0.6 is 0 Å². The molecule has 0 bridgehead atoms. The van der Waals surface area contributed by atoms with E-state index in [-0.39, 0.29) is 30.1 Å². The summed E-state index contributed by atoms with van der Waals surface area (Å²) in [6, 6.07) is 7.33. The summed E-state index contributed by atoms with van der Waals surface area (Å²) in [5.74, 6) is 0.276. The number of nitrogens with one attached hydrogen (secondary N) is 1. The monoisotopic (exact) mass is 345 g/mol. The quantitative estimate of drug-likeness (QED) is 0.875. The molecular formula is C18H23N3O4. The van der Waals surface area contributed by atoms with Crippen LogP contribution in [-0.4, -0.2) is 55.4 Å². The van der Waals surface area contributed by atoms with Gasteiger partial charge in [0.05, 0.1) is 12.5 Å². The number of ether oxygens (including phenoxy) is 1. The number of hydrogen-bond donors (Lipinski definition) is 1. The summed E-state index contributed by atoms with van der Waals surface area (Å²) < 4.78 is 5.41. The fraction of sp³-hybridized carbons (Fsp3) is 0.500. The predicted molar refractivity (Wildman–Crippen MR) is 92.3 cm³/mol. The number of nitrogens with zero attached hydrogens (tertiary/aromatic N) is 2. The minimum absolute atomic E-state index is 0.0335. The third-order valence-electron chi connectivity index (χ3n) is 4.56. The zero-order valence-electron chi connectivity index (χ0n) is 14.4. The number of rotatable bonds is 4. The average Bonchev–Trinajstić information content (AvgIpc) is 2.86. The first kappa shape index (κ1) is 17.3. The lowest BCUT2D eigenvalue weighted by Gasteiger charge is -2.23. The van der Waals surface area contributed by atoms with Crippen LogP contribution in [0.15, 0.2) is 24.3 Å². The summed E-state index contributed by atoms with van der Waals surface area (Å²) in [4.78, 5) is 39.8. The summed E-state index contributed by atoms with van der Waals surface area (Å²) in [5.41, 5.74) is 0.775. The highest BCUT2D eigenvalue weighted by atomic mass is 16.5. The van der Waals surface area contributed by atoms with Crippen LogP contribution in [0.1, 0.15) is 19.8 Å². The number of anilines is 1. The third-order valence-corrected chi connectivity index (χ3v) is 4.56. The van der Waals surface area contributed by atoms with Crippen molar-refractivity contribution in [2.45, 2.75) is 19.8 Å². The van der Waals surface area contributed by atoms with E-state index in [2.05, 4.69) is 5.32 Å². The molecular weight excluding hydrogens is 322 g/mol. The van der Waals surface area contributed by atoms with Gasteiger partial charge in [0.1, 0.15) is 5.75 Å². The van der Waals surface area contributed by atoms with E-state index in [1.807, 2.05) is 31.2 Å². The number of carbonyl (C=O) groups excluding carboxylic acids is 3. The van der Waals surface area contributed by atoms with Gasteiger partial charge in [-0.2, -0.15) is 0 Å². The summed E-state index contributed by atoms with van der Waals surface area (Å²) in [7, 11) is 0. The van der Waals surface area contributed by atoms with Crippen molar-refractivity contribution in [3.8, 4) is 5.75 Å². The minimum atomic E-state index is -0.354. The fourth-order valence-electron chi connectivity index (χ4n) is 3.26. The Balaban J connectivity index is 1.65. The second-order valence-electron chi connectivity index (χ2n) is 6.26. The number of carbonyl (C=O) groups is 3. The van der Waals surface area contributed by atoms with E-state index >= 15 is 0 Å². The molecule has 7 nitrogen and oxygen atoms in total. The van der Waals surface area contributed by atoms with Crippen LogP contribution in [0.5, 0.6) is 5.75 Å². The highest BCUT2D eigenvalue weighted by Crippen LogP contribution is 2.28. The Labute approximate surface area is 146 Å². The number of benzene rings is 1. The molecule has 25 heavy (non-hydrogen) atoms. The average molecular weight is 345 g/mol. The van der Waals surface area contributed by atoms with E-state index in [4.69, 9.17) is 4.74 Å². The van der Waals surface area contributed by atoms with Crippen molar-refractivity contribution in [3.63, 3.8) is 0 Å². The SMILES string of the molecule is CCOc1ccc(N2C[C@H](C(=O)N3CCNC(=O)CC3)CC2=O)cc1. The fourth-order valence-corrected chi connectivity index (χ4v) is 3.26. The van der Waals surface area contributed by atoms with E-state index < -0.39 is 0 Å². The van der Waals surface area contributed by atoms with Crippen molar-refractivity contribution >= 4 is 23.4 Å². The van der Waals surface area contributed by atoms with Crippen LogP contribution in [0.25, 0.3) is 0 Å². The van der Waals surface area contributed by atoms with Gasteiger partial charge < -0.3 is 19.9 Å². The van der Waals surface area contributed by atoms with Crippen molar-refractivity contribution in [1.29, 1.82) is 0 Å². The van der Waals surface area contributed by atoms with Gasteiger partial charge in [-0.1, -0.05) is 0 Å². The molecule has 2 aliphatic heterocycles. The van der Waals surface area contributed by atoms with E-state index in [1.54, 1.807) is 9.80 Å². The van der Waals surface area contributed by atoms with Crippen LogP contribution in [0.3, 0.4) is 0 Å². The zero-order valence-corrected chi connectivity index (χ0v) is 14.4. The second-order valence-corrected chi connectivity index (χ2v) is 6.26. The maximum atomic E-state index is 12.7. The van der Waals surface area contributed by atoms with E-state index in [0.717, 1.165) is 11.4 Å². The first-order valence-electron chi connectivity index (χ1n) is 8.67. The zero-order chi connectivity index (χ0) is 17.8. The van der Waals surface area contributed by atoms with Crippen molar-refractivity contribution in [2.75, 3.05) is 37.7 Å².